The maximum Gasteiger partial charge on any atom is 0.271 e. The molecule has 0 saturated carbocycles. The molecule has 7 nitrogen and oxygen atoms in total. The van der Waals surface area contributed by atoms with Gasteiger partial charge in [0.25, 0.3) is 5.69 Å². The molecule has 134 valence electrons. The van der Waals surface area contributed by atoms with E-state index in [0.29, 0.717) is 22.0 Å². The highest BCUT2D eigenvalue weighted by atomic mass is 35.5. The number of para-hydroxylation sites is 1. The monoisotopic (exact) mass is 373 g/mol. The number of hydrogen-bond acceptors (Lipinski definition) is 4. The van der Waals surface area contributed by atoms with E-state index in [-0.39, 0.29) is 30.5 Å². The van der Waals surface area contributed by atoms with Gasteiger partial charge in [-0.2, -0.15) is 0 Å². The number of nitro groups is 1. The lowest BCUT2D eigenvalue weighted by molar-refractivity contribution is -0.384. The van der Waals surface area contributed by atoms with E-state index < -0.39 is 10.8 Å². The average molecular weight is 374 g/mol. The van der Waals surface area contributed by atoms with Gasteiger partial charge in [0.2, 0.25) is 11.8 Å². The van der Waals surface area contributed by atoms with Crippen LogP contribution in [0.25, 0.3) is 0 Å². The van der Waals surface area contributed by atoms with Crippen molar-refractivity contribution in [2.24, 2.45) is 5.92 Å². The molecule has 0 spiro atoms. The molecular weight excluding hydrogens is 358 g/mol. The molecule has 1 saturated heterocycles. The summed E-state index contributed by atoms with van der Waals surface area (Å²) in [6, 6.07) is 11.2. The fraction of sp³-hybridized carbons (Fsp3) is 0.222. The fourth-order valence-electron chi connectivity index (χ4n) is 2.88. The number of nitro benzene ring substituents is 1. The van der Waals surface area contributed by atoms with Gasteiger partial charge < -0.3 is 10.2 Å². The number of carbonyl (C=O) groups is 2. The summed E-state index contributed by atoms with van der Waals surface area (Å²) in [5.74, 6) is -1.09. The van der Waals surface area contributed by atoms with Crippen molar-refractivity contribution in [2.75, 3.05) is 16.8 Å². The number of aryl methyl sites for hydroxylation is 1. The van der Waals surface area contributed by atoms with Crippen LogP contribution in [0, 0.1) is 23.0 Å². The maximum absolute atomic E-state index is 12.6. The van der Waals surface area contributed by atoms with Gasteiger partial charge in [0.05, 0.1) is 27.2 Å². The first-order valence-electron chi connectivity index (χ1n) is 7.97. The maximum atomic E-state index is 12.6. The van der Waals surface area contributed by atoms with E-state index in [4.69, 9.17) is 11.6 Å². The van der Waals surface area contributed by atoms with Crippen molar-refractivity contribution in [3.05, 3.63) is 63.2 Å². The molecule has 2 amide bonds. The highest BCUT2D eigenvalue weighted by Crippen LogP contribution is 2.32. The zero-order valence-corrected chi connectivity index (χ0v) is 14.7. The van der Waals surface area contributed by atoms with E-state index >= 15 is 0 Å². The van der Waals surface area contributed by atoms with Crippen molar-refractivity contribution in [1.29, 1.82) is 0 Å². The summed E-state index contributed by atoms with van der Waals surface area (Å²) in [6.07, 6.45) is 0.0605. The van der Waals surface area contributed by atoms with Gasteiger partial charge in [-0.05, 0) is 24.6 Å². The van der Waals surface area contributed by atoms with E-state index in [1.165, 1.54) is 17.0 Å². The Kier molecular flexibility index (Phi) is 4.90. The van der Waals surface area contributed by atoms with Gasteiger partial charge in [-0.3, -0.25) is 19.7 Å². The van der Waals surface area contributed by atoms with E-state index in [2.05, 4.69) is 5.32 Å². The van der Waals surface area contributed by atoms with Gasteiger partial charge in [0.1, 0.15) is 0 Å². The zero-order valence-electron chi connectivity index (χ0n) is 13.9. The van der Waals surface area contributed by atoms with Crippen molar-refractivity contribution in [3.8, 4) is 0 Å². The second-order valence-electron chi connectivity index (χ2n) is 6.10. The molecule has 1 N–H and O–H groups in total. The summed E-state index contributed by atoms with van der Waals surface area (Å²) < 4.78 is 0. The van der Waals surface area contributed by atoms with Crippen LogP contribution in [-0.2, 0) is 9.59 Å². The van der Waals surface area contributed by atoms with Crippen LogP contribution >= 0.6 is 11.6 Å². The second kappa shape index (κ2) is 7.13. The number of non-ortho nitro benzene ring substituents is 1. The van der Waals surface area contributed by atoms with E-state index in [1.807, 2.05) is 0 Å². The predicted molar refractivity (Wildman–Crippen MR) is 98.4 cm³/mol. The minimum absolute atomic E-state index is 0.0605. The SMILES string of the molecule is Cc1ccc([N+](=O)[O-])cc1NC(=O)[C@H]1CC(=O)N(c2ccccc2Cl)C1. The molecule has 0 aliphatic carbocycles. The number of rotatable bonds is 4. The number of anilines is 2. The fourth-order valence-corrected chi connectivity index (χ4v) is 3.12. The largest absolute Gasteiger partial charge is 0.325 e. The number of carbonyl (C=O) groups excluding carboxylic acids is 2. The first-order chi connectivity index (χ1) is 12.4. The molecule has 2 aromatic carbocycles. The lowest BCUT2D eigenvalue weighted by atomic mass is 10.1. The third-order valence-electron chi connectivity index (χ3n) is 4.33. The molecule has 8 heteroatoms. The highest BCUT2D eigenvalue weighted by Gasteiger charge is 2.36. The van der Waals surface area contributed by atoms with Crippen LogP contribution in [0.4, 0.5) is 17.1 Å². The Balaban J connectivity index is 1.76. The Labute approximate surface area is 154 Å². The minimum atomic E-state index is -0.558. The predicted octanol–water partition coefficient (Wildman–Crippen LogP) is 3.55. The molecule has 1 atom stereocenters. The molecule has 0 radical (unpaired) electrons. The van der Waals surface area contributed by atoms with Gasteiger partial charge >= 0.3 is 0 Å². The van der Waals surface area contributed by atoms with Crippen LogP contribution in [0.15, 0.2) is 42.5 Å². The molecule has 0 unspecified atom stereocenters. The number of amides is 2. The van der Waals surface area contributed by atoms with Crippen LogP contribution in [0.5, 0.6) is 0 Å². The number of halogens is 1. The van der Waals surface area contributed by atoms with E-state index in [1.54, 1.807) is 37.3 Å². The summed E-state index contributed by atoms with van der Waals surface area (Å²) in [7, 11) is 0. The first kappa shape index (κ1) is 17.9. The molecule has 1 fully saturated rings. The van der Waals surface area contributed by atoms with Gasteiger partial charge in [-0.1, -0.05) is 29.8 Å². The topological polar surface area (TPSA) is 92.5 Å². The standard InChI is InChI=1S/C18H16ClN3O4/c1-11-6-7-13(22(25)26)9-15(11)20-18(24)12-8-17(23)21(10-12)16-5-3-2-4-14(16)19/h2-7,9,12H,8,10H2,1H3,(H,20,24)/t12-/m0/s1. The van der Waals surface area contributed by atoms with Gasteiger partial charge in [-0.25, -0.2) is 0 Å². The molecule has 1 aliphatic heterocycles. The Hall–Kier alpha value is -2.93. The molecule has 0 aromatic heterocycles. The second-order valence-corrected chi connectivity index (χ2v) is 6.51. The van der Waals surface area contributed by atoms with Gasteiger partial charge in [0.15, 0.2) is 0 Å². The molecule has 26 heavy (non-hydrogen) atoms. The summed E-state index contributed by atoms with van der Waals surface area (Å²) in [5, 5.41) is 14.1. The zero-order chi connectivity index (χ0) is 18.8. The molecule has 1 heterocycles. The molecule has 0 bridgehead atoms. The van der Waals surface area contributed by atoms with Crippen molar-refractivity contribution < 1.29 is 14.5 Å². The number of benzene rings is 2. The Morgan fingerprint density at radius 1 is 1.31 bits per heavy atom. The highest BCUT2D eigenvalue weighted by molar-refractivity contribution is 6.33. The van der Waals surface area contributed by atoms with E-state index in [0.717, 1.165) is 0 Å². The summed E-state index contributed by atoms with van der Waals surface area (Å²) >= 11 is 6.14. The molecule has 1 aliphatic rings. The average Bonchev–Trinajstić information content (AvgIpc) is 2.99. The summed E-state index contributed by atoms with van der Waals surface area (Å²) in [5.41, 5.74) is 1.54. The van der Waals surface area contributed by atoms with Crippen molar-refractivity contribution in [2.45, 2.75) is 13.3 Å². The van der Waals surface area contributed by atoms with Crippen LogP contribution in [0.2, 0.25) is 5.02 Å². The quantitative estimate of drug-likeness (QED) is 0.655. The van der Waals surface area contributed by atoms with E-state index in [9.17, 15) is 19.7 Å². The molecule has 3 rings (SSSR count). The summed E-state index contributed by atoms with van der Waals surface area (Å²) in [4.78, 5) is 36.7. The van der Waals surface area contributed by atoms with Crippen LogP contribution in [0.3, 0.4) is 0 Å². The number of nitrogens with one attached hydrogen (secondary N) is 1. The smallest absolute Gasteiger partial charge is 0.271 e. The van der Waals surface area contributed by atoms with Crippen molar-refractivity contribution in [1.82, 2.24) is 0 Å². The third-order valence-corrected chi connectivity index (χ3v) is 4.65. The van der Waals surface area contributed by atoms with Gasteiger partial charge in [-0.15, -0.1) is 0 Å². The summed E-state index contributed by atoms with van der Waals surface area (Å²) in [6.45, 7) is 1.96. The molecule has 2 aromatic rings. The lowest BCUT2D eigenvalue weighted by Gasteiger charge is -2.18. The Bertz CT molecular complexity index is 900. The minimum Gasteiger partial charge on any atom is -0.325 e. The third kappa shape index (κ3) is 3.52. The van der Waals surface area contributed by atoms with Crippen LogP contribution in [-0.4, -0.2) is 23.3 Å². The lowest BCUT2D eigenvalue weighted by Crippen LogP contribution is -2.28. The first-order valence-corrected chi connectivity index (χ1v) is 8.35. The van der Waals surface area contributed by atoms with Gasteiger partial charge in [0, 0.05) is 25.1 Å². The van der Waals surface area contributed by atoms with Crippen molar-refractivity contribution >= 4 is 40.5 Å². The van der Waals surface area contributed by atoms with Crippen LogP contribution < -0.4 is 10.2 Å². The Morgan fingerprint density at radius 2 is 2.04 bits per heavy atom. The van der Waals surface area contributed by atoms with Crippen LogP contribution in [0.1, 0.15) is 12.0 Å². The number of hydrogen-bond donors (Lipinski definition) is 1. The molecular formula is C18H16ClN3O4. The Morgan fingerprint density at radius 3 is 2.73 bits per heavy atom. The normalized spacial score (nSPS) is 16.6. The van der Waals surface area contributed by atoms with Crippen molar-refractivity contribution in [3.63, 3.8) is 0 Å². The number of nitrogens with zero attached hydrogens (tertiary/aromatic N) is 2.